The van der Waals surface area contributed by atoms with Gasteiger partial charge in [0, 0.05) is 17.3 Å². The van der Waals surface area contributed by atoms with Crippen LogP contribution in [0, 0.1) is 3.57 Å². The van der Waals surface area contributed by atoms with Gasteiger partial charge >= 0.3 is 0 Å². The lowest BCUT2D eigenvalue weighted by atomic mass is 10.2. The number of para-hydroxylation sites is 1. The molecule has 128 valence electrons. The minimum Gasteiger partial charge on any atom is -0.496 e. The fraction of sp³-hybridized carbons (Fsp3) is 0.111. The molecule has 0 aliphatic heterocycles. The number of methoxy groups -OCH3 is 1. The zero-order valence-electron chi connectivity index (χ0n) is 13.5. The van der Waals surface area contributed by atoms with Crippen molar-refractivity contribution in [2.24, 2.45) is 0 Å². The van der Waals surface area contributed by atoms with Gasteiger partial charge in [-0.25, -0.2) is 0 Å². The normalized spacial score (nSPS) is 10.5. The number of fused-ring (bicyclic) bond motifs is 1. The van der Waals surface area contributed by atoms with Crippen molar-refractivity contribution in [3.8, 4) is 5.75 Å². The van der Waals surface area contributed by atoms with Crippen molar-refractivity contribution in [2.45, 2.75) is 6.54 Å². The van der Waals surface area contributed by atoms with Crippen LogP contribution < -0.4 is 15.6 Å². The molecular weight excluding hydrogens is 433 g/mol. The highest BCUT2D eigenvalue weighted by molar-refractivity contribution is 14.1. The van der Waals surface area contributed by atoms with Crippen LogP contribution in [0.25, 0.3) is 10.9 Å². The second-order valence-corrected chi connectivity index (χ2v) is 6.52. The Kier molecular flexibility index (Phi) is 5.22. The van der Waals surface area contributed by atoms with Gasteiger partial charge in [-0.1, -0.05) is 18.2 Å². The number of nitrogens with zero attached hydrogens (tertiary/aromatic N) is 1. The van der Waals surface area contributed by atoms with E-state index in [0.29, 0.717) is 11.3 Å². The van der Waals surface area contributed by atoms with Crippen LogP contribution in [-0.4, -0.2) is 23.5 Å². The molecular formula is C18H16IN3O3. The fourth-order valence-corrected chi connectivity index (χ4v) is 3.21. The van der Waals surface area contributed by atoms with Crippen molar-refractivity contribution < 1.29 is 14.3 Å². The van der Waals surface area contributed by atoms with Crippen LogP contribution in [0.3, 0.4) is 0 Å². The van der Waals surface area contributed by atoms with E-state index in [4.69, 9.17) is 4.74 Å². The molecule has 2 aromatic carbocycles. The topological polar surface area (TPSA) is 72.4 Å². The molecule has 6 nitrogen and oxygen atoms in total. The molecule has 0 saturated heterocycles. The number of carbonyl (C=O) groups excluding carboxylic acids is 2. The quantitative estimate of drug-likeness (QED) is 0.476. The Morgan fingerprint density at radius 3 is 2.68 bits per heavy atom. The summed E-state index contributed by atoms with van der Waals surface area (Å²) in [5.41, 5.74) is 6.27. The van der Waals surface area contributed by atoms with E-state index in [-0.39, 0.29) is 18.4 Å². The van der Waals surface area contributed by atoms with Gasteiger partial charge in [0.05, 0.1) is 10.7 Å². The van der Waals surface area contributed by atoms with Gasteiger partial charge in [-0.05, 0) is 58.3 Å². The molecule has 2 amide bonds. The summed E-state index contributed by atoms with van der Waals surface area (Å²) >= 11 is 2.09. The number of halogens is 1. The summed E-state index contributed by atoms with van der Waals surface area (Å²) in [6.45, 7) is 0.119. The third-order valence-corrected chi connectivity index (χ3v) is 4.57. The Labute approximate surface area is 158 Å². The van der Waals surface area contributed by atoms with Gasteiger partial charge in [-0.3, -0.25) is 20.4 Å². The summed E-state index contributed by atoms with van der Waals surface area (Å²) in [6.07, 6.45) is 1.85. The zero-order valence-corrected chi connectivity index (χ0v) is 15.6. The van der Waals surface area contributed by atoms with Gasteiger partial charge in [0.2, 0.25) is 0 Å². The van der Waals surface area contributed by atoms with Gasteiger partial charge in [0.25, 0.3) is 11.8 Å². The Morgan fingerprint density at radius 2 is 1.92 bits per heavy atom. The van der Waals surface area contributed by atoms with Gasteiger partial charge in [0.15, 0.2) is 0 Å². The summed E-state index contributed by atoms with van der Waals surface area (Å²) in [7, 11) is 1.57. The first-order valence-corrected chi connectivity index (χ1v) is 8.63. The Morgan fingerprint density at radius 1 is 1.12 bits per heavy atom. The highest BCUT2D eigenvalue weighted by Gasteiger charge is 2.11. The molecule has 0 atom stereocenters. The van der Waals surface area contributed by atoms with E-state index in [1.54, 1.807) is 25.3 Å². The van der Waals surface area contributed by atoms with Crippen molar-refractivity contribution in [3.63, 3.8) is 0 Å². The van der Waals surface area contributed by atoms with Crippen LogP contribution in [0.1, 0.15) is 10.4 Å². The summed E-state index contributed by atoms with van der Waals surface area (Å²) in [4.78, 5) is 24.2. The number of carbonyl (C=O) groups is 2. The summed E-state index contributed by atoms with van der Waals surface area (Å²) < 4.78 is 7.80. The highest BCUT2D eigenvalue weighted by atomic mass is 127. The molecule has 1 heterocycles. The number of benzene rings is 2. The van der Waals surface area contributed by atoms with E-state index in [2.05, 4.69) is 33.4 Å². The van der Waals surface area contributed by atoms with E-state index in [0.717, 1.165) is 14.5 Å². The smallest absolute Gasteiger partial charge is 0.269 e. The second kappa shape index (κ2) is 7.56. The predicted molar refractivity (Wildman–Crippen MR) is 103 cm³/mol. The van der Waals surface area contributed by atoms with Gasteiger partial charge in [-0.15, -0.1) is 0 Å². The van der Waals surface area contributed by atoms with Crippen LogP contribution in [0.4, 0.5) is 0 Å². The lowest BCUT2D eigenvalue weighted by Crippen LogP contribution is -2.43. The zero-order chi connectivity index (χ0) is 17.8. The molecule has 0 bridgehead atoms. The number of ether oxygens (including phenoxy) is 1. The number of aromatic nitrogens is 1. The Bertz CT molecular complexity index is 936. The monoisotopic (exact) mass is 449 g/mol. The van der Waals surface area contributed by atoms with Crippen LogP contribution in [0.2, 0.25) is 0 Å². The number of hydrazine groups is 1. The number of hydrogen-bond acceptors (Lipinski definition) is 3. The molecule has 7 heteroatoms. The number of rotatable bonds is 4. The molecule has 25 heavy (non-hydrogen) atoms. The molecule has 0 fully saturated rings. The Balaban J connectivity index is 1.60. The molecule has 1 aromatic heterocycles. The first kappa shape index (κ1) is 17.3. The predicted octanol–water partition coefficient (Wildman–Crippen LogP) is 2.72. The summed E-state index contributed by atoms with van der Waals surface area (Å²) in [6, 6.07) is 14.8. The molecule has 0 aliphatic carbocycles. The molecule has 0 spiro atoms. The molecule has 0 radical (unpaired) electrons. The van der Waals surface area contributed by atoms with E-state index < -0.39 is 0 Å². The lowest BCUT2D eigenvalue weighted by molar-refractivity contribution is -0.122. The number of amides is 2. The van der Waals surface area contributed by atoms with E-state index >= 15 is 0 Å². The molecule has 0 aliphatic rings. The van der Waals surface area contributed by atoms with Gasteiger partial charge in [-0.2, -0.15) is 0 Å². The maximum atomic E-state index is 12.1. The molecule has 3 aromatic rings. The maximum Gasteiger partial charge on any atom is 0.269 e. The third kappa shape index (κ3) is 3.93. The first-order valence-electron chi connectivity index (χ1n) is 7.55. The molecule has 0 saturated carbocycles. The maximum absolute atomic E-state index is 12.1. The van der Waals surface area contributed by atoms with Crippen LogP contribution in [-0.2, 0) is 11.3 Å². The van der Waals surface area contributed by atoms with Crippen LogP contribution in [0.15, 0.2) is 54.7 Å². The fourth-order valence-electron chi connectivity index (χ4n) is 2.48. The molecule has 0 unspecified atom stereocenters. The van der Waals surface area contributed by atoms with E-state index in [1.165, 1.54) is 0 Å². The Hall–Kier alpha value is -2.55. The second-order valence-electron chi connectivity index (χ2n) is 5.35. The molecule has 3 rings (SSSR count). The lowest BCUT2D eigenvalue weighted by Gasteiger charge is -2.10. The van der Waals surface area contributed by atoms with Gasteiger partial charge in [0.1, 0.15) is 12.3 Å². The first-order chi connectivity index (χ1) is 12.1. The SMILES string of the molecule is COc1ccc(C(=O)NNC(=O)Cn2ccc3ccccc32)cc1I. The summed E-state index contributed by atoms with van der Waals surface area (Å²) in [5, 5.41) is 1.06. The highest BCUT2D eigenvalue weighted by Crippen LogP contribution is 2.21. The standard InChI is InChI=1S/C18H16IN3O3/c1-25-16-7-6-13(10-14(16)19)18(24)21-20-17(23)11-22-9-8-12-4-2-3-5-15(12)22/h2-10H,11H2,1H3,(H,20,23)(H,21,24). The minimum absolute atomic E-state index is 0.119. The number of hydrogen-bond donors (Lipinski definition) is 2. The van der Waals surface area contributed by atoms with E-state index in [1.807, 2.05) is 41.1 Å². The minimum atomic E-state index is -0.383. The van der Waals surface area contributed by atoms with Crippen LogP contribution >= 0.6 is 22.6 Å². The van der Waals surface area contributed by atoms with Crippen molar-refractivity contribution in [1.82, 2.24) is 15.4 Å². The van der Waals surface area contributed by atoms with E-state index in [9.17, 15) is 9.59 Å². The largest absolute Gasteiger partial charge is 0.496 e. The van der Waals surface area contributed by atoms with Crippen molar-refractivity contribution in [2.75, 3.05) is 7.11 Å². The number of nitrogens with one attached hydrogen (secondary N) is 2. The average molecular weight is 449 g/mol. The van der Waals surface area contributed by atoms with Crippen molar-refractivity contribution in [1.29, 1.82) is 0 Å². The third-order valence-electron chi connectivity index (χ3n) is 3.72. The molecule has 2 N–H and O–H groups in total. The van der Waals surface area contributed by atoms with Gasteiger partial charge < -0.3 is 9.30 Å². The van der Waals surface area contributed by atoms with Crippen LogP contribution in [0.5, 0.6) is 5.75 Å². The summed E-state index contributed by atoms with van der Waals surface area (Å²) in [5.74, 6) is 0.00451. The average Bonchev–Trinajstić information content (AvgIpc) is 3.02. The van der Waals surface area contributed by atoms with Crippen molar-refractivity contribution >= 4 is 45.3 Å². The van der Waals surface area contributed by atoms with Crippen molar-refractivity contribution in [3.05, 3.63) is 63.9 Å².